The van der Waals surface area contributed by atoms with Crippen LogP contribution in [0.2, 0.25) is 0 Å². The van der Waals surface area contributed by atoms with Gasteiger partial charge in [-0.15, -0.1) is 0 Å². The highest BCUT2D eigenvalue weighted by molar-refractivity contribution is 5.90. The summed E-state index contributed by atoms with van der Waals surface area (Å²) in [6.07, 6.45) is -5.58. The molecule has 0 aliphatic rings. The number of carbonyl (C=O) groups excluding carboxylic acids is 1. The maximum Gasteiger partial charge on any atom is 0.418 e. The first-order valence-corrected chi connectivity index (χ1v) is 8.23. The lowest BCUT2D eigenvalue weighted by molar-refractivity contribution is -0.136. The van der Waals surface area contributed by atoms with Gasteiger partial charge in [0.15, 0.2) is 0 Å². The molecule has 0 radical (unpaired) electrons. The third-order valence-electron chi connectivity index (χ3n) is 4.12. The van der Waals surface area contributed by atoms with Crippen LogP contribution in [0.1, 0.15) is 17.2 Å². The van der Waals surface area contributed by atoms with Crippen molar-refractivity contribution >= 4 is 22.5 Å². The highest BCUT2D eigenvalue weighted by Gasteiger charge is 2.33. The Balaban J connectivity index is 1.68. The van der Waals surface area contributed by atoms with Gasteiger partial charge in [-0.25, -0.2) is 4.79 Å². The topological polar surface area (TPSA) is 61.4 Å². The quantitative estimate of drug-likeness (QED) is 0.619. The lowest BCUT2D eigenvalue weighted by atomic mass is 10.0. The molecule has 0 aliphatic carbocycles. The third kappa shape index (κ3) is 4.38. The van der Waals surface area contributed by atoms with E-state index in [-0.39, 0.29) is 12.2 Å². The van der Waals surface area contributed by atoms with Gasteiger partial charge in [-0.3, -0.25) is 0 Å². The Morgan fingerprint density at radius 3 is 2.41 bits per heavy atom. The normalized spacial score (nSPS) is 12.6. The second-order valence-corrected chi connectivity index (χ2v) is 5.96. The first kappa shape index (κ1) is 18.7. The van der Waals surface area contributed by atoms with Gasteiger partial charge in [0.1, 0.15) is 0 Å². The molecule has 7 heteroatoms. The third-order valence-corrected chi connectivity index (χ3v) is 4.12. The fourth-order valence-corrected chi connectivity index (χ4v) is 2.85. The van der Waals surface area contributed by atoms with Crippen LogP contribution >= 0.6 is 0 Å². The van der Waals surface area contributed by atoms with Gasteiger partial charge in [0.25, 0.3) is 0 Å². The Bertz CT molecular complexity index is 952. The summed E-state index contributed by atoms with van der Waals surface area (Å²) in [7, 11) is 0. The van der Waals surface area contributed by atoms with Crippen molar-refractivity contribution in [2.75, 3.05) is 11.9 Å². The number of anilines is 1. The Labute approximate surface area is 153 Å². The summed E-state index contributed by atoms with van der Waals surface area (Å²) in [5.74, 6) is 0. The maximum atomic E-state index is 13.0. The van der Waals surface area contributed by atoms with Crippen LogP contribution in [0.3, 0.4) is 0 Å². The number of aliphatic hydroxyl groups excluding tert-OH is 1. The van der Waals surface area contributed by atoms with E-state index in [1.54, 1.807) is 12.1 Å². The molecule has 0 aromatic heterocycles. The second kappa shape index (κ2) is 7.67. The monoisotopic (exact) mass is 374 g/mol. The molecule has 4 nitrogen and oxygen atoms in total. The van der Waals surface area contributed by atoms with Crippen molar-refractivity contribution in [3.05, 3.63) is 77.9 Å². The molecule has 1 atom stereocenters. The number of aliphatic hydroxyl groups is 1. The zero-order valence-corrected chi connectivity index (χ0v) is 14.1. The molecule has 0 heterocycles. The first-order valence-electron chi connectivity index (χ1n) is 8.23. The number of nitrogens with one attached hydrogen (secondary N) is 2. The van der Waals surface area contributed by atoms with Crippen molar-refractivity contribution in [1.29, 1.82) is 0 Å². The average molecular weight is 374 g/mol. The largest absolute Gasteiger partial charge is 0.418 e. The molecule has 3 rings (SSSR count). The van der Waals surface area contributed by atoms with Crippen LogP contribution in [0.25, 0.3) is 10.8 Å². The number of carbonyl (C=O) groups is 1. The van der Waals surface area contributed by atoms with Crippen molar-refractivity contribution in [1.82, 2.24) is 5.32 Å². The van der Waals surface area contributed by atoms with E-state index in [1.165, 1.54) is 18.2 Å². The highest BCUT2D eigenvalue weighted by atomic mass is 19.4. The lowest BCUT2D eigenvalue weighted by Gasteiger charge is -2.17. The molecule has 0 spiro atoms. The minimum absolute atomic E-state index is 0.145. The van der Waals surface area contributed by atoms with Gasteiger partial charge in [0, 0.05) is 6.54 Å². The van der Waals surface area contributed by atoms with Crippen molar-refractivity contribution in [2.24, 2.45) is 0 Å². The number of hydrogen-bond acceptors (Lipinski definition) is 2. The number of halogens is 3. The number of amides is 2. The molecule has 0 bridgehead atoms. The molecule has 0 unspecified atom stereocenters. The highest BCUT2D eigenvalue weighted by Crippen LogP contribution is 2.34. The van der Waals surface area contributed by atoms with E-state index in [0.29, 0.717) is 5.56 Å². The number of para-hydroxylation sites is 1. The standard InChI is InChI=1S/C20H17F3N2O2/c21-20(22,23)16-10-3-4-11-17(16)25-19(27)24-12-18(26)15-9-5-7-13-6-1-2-8-14(13)15/h1-11,18,26H,12H2,(H2,24,25,27)/t18-/m0/s1. The Kier molecular flexibility index (Phi) is 5.32. The summed E-state index contributed by atoms with van der Waals surface area (Å²) >= 11 is 0. The van der Waals surface area contributed by atoms with Crippen LogP contribution in [0.4, 0.5) is 23.7 Å². The fraction of sp³-hybridized carbons (Fsp3) is 0.150. The fourth-order valence-electron chi connectivity index (χ4n) is 2.85. The molecule has 27 heavy (non-hydrogen) atoms. The summed E-state index contributed by atoms with van der Waals surface area (Å²) in [6.45, 7) is -0.145. The molecule has 0 saturated carbocycles. The van der Waals surface area contributed by atoms with Gasteiger partial charge in [-0.05, 0) is 28.5 Å². The molecular weight excluding hydrogens is 357 g/mol. The van der Waals surface area contributed by atoms with Crippen molar-refractivity contribution in [2.45, 2.75) is 12.3 Å². The molecular formula is C20H17F3N2O2. The van der Waals surface area contributed by atoms with Gasteiger partial charge in [-0.1, -0.05) is 54.6 Å². The van der Waals surface area contributed by atoms with Crippen LogP contribution in [0.15, 0.2) is 66.7 Å². The number of alkyl halides is 3. The number of rotatable bonds is 4. The molecule has 140 valence electrons. The smallest absolute Gasteiger partial charge is 0.387 e. The van der Waals surface area contributed by atoms with E-state index in [0.717, 1.165) is 16.8 Å². The predicted molar refractivity (Wildman–Crippen MR) is 97.4 cm³/mol. The first-order chi connectivity index (χ1) is 12.9. The lowest BCUT2D eigenvalue weighted by Crippen LogP contribution is -2.33. The zero-order valence-electron chi connectivity index (χ0n) is 14.1. The van der Waals surface area contributed by atoms with Crippen LogP contribution in [0, 0.1) is 0 Å². The van der Waals surface area contributed by atoms with Crippen LogP contribution in [-0.4, -0.2) is 17.7 Å². The van der Waals surface area contributed by atoms with Gasteiger partial charge in [0.05, 0.1) is 17.4 Å². The number of hydrogen-bond donors (Lipinski definition) is 3. The predicted octanol–water partition coefficient (Wildman–Crippen LogP) is 4.71. The van der Waals surface area contributed by atoms with Gasteiger partial charge < -0.3 is 15.7 Å². The number of fused-ring (bicyclic) bond motifs is 1. The van der Waals surface area contributed by atoms with E-state index >= 15 is 0 Å². The van der Waals surface area contributed by atoms with Crippen molar-refractivity contribution < 1.29 is 23.1 Å². The Morgan fingerprint density at radius 2 is 1.63 bits per heavy atom. The van der Waals surface area contributed by atoms with Crippen LogP contribution in [0.5, 0.6) is 0 Å². The summed E-state index contributed by atoms with van der Waals surface area (Å²) in [5, 5.41) is 16.8. The van der Waals surface area contributed by atoms with Gasteiger partial charge >= 0.3 is 12.2 Å². The molecule has 0 saturated heterocycles. The van der Waals surface area contributed by atoms with Crippen LogP contribution in [-0.2, 0) is 6.18 Å². The van der Waals surface area contributed by atoms with Crippen molar-refractivity contribution in [3.8, 4) is 0 Å². The van der Waals surface area contributed by atoms with E-state index in [1.807, 2.05) is 30.3 Å². The maximum absolute atomic E-state index is 13.0. The Hall–Kier alpha value is -3.06. The Morgan fingerprint density at radius 1 is 0.963 bits per heavy atom. The second-order valence-electron chi connectivity index (χ2n) is 5.96. The minimum atomic E-state index is -4.58. The van der Waals surface area contributed by atoms with E-state index < -0.39 is 23.9 Å². The summed E-state index contributed by atoms with van der Waals surface area (Å²) in [4.78, 5) is 12.0. The van der Waals surface area contributed by atoms with Gasteiger partial charge in [0.2, 0.25) is 0 Å². The molecule has 0 aliphatic heterocycles. The number of benzene rings is 3. The summed E-state index contributed by atoms with van der Waals surface area (Å²) < 4.78 is 38.9. The zero-order chi connectivity index (χ0) is 19.4. The van der Waals surface area contributed by atoms with Crippen molar-refractivity contribution in [3.63, 3.8) is 0 Å². The van der Waals surface area contributed by atoms with E-state index in [2.05, 4.69) is 10.6 Å². The van der Waals surface area contributed by atoms with E-state index in [9.17, 15) is 23.1 Å². The molecule has 3 N–H and O–H groups in total. The van der Waals surface area contributed by atoms with Crippen LogP contribution < -0.4 is 10.6 Å². The molecule has 2 amide bonds. The molecule has 3 aromatic rings. The van der Waals surface area contributed by atoms with E-state index in [4.69, 9.17) is 0 Å². The minimum Gasteiger partial charge on any atom is -0.387 e. The number of urea groups is 1. The molecule has 0 fully saturated rings. The summed E-state index contributed by atoms with van der Waals surface area (Å²) in [5.41, 5.74) is -0.652. The average Bonchev–Trinajstić information content (AvgIpc) is 2.65. The van der Waals surface area contributed by atoms with Gasteiger partial charge in [-0.2, -0.15) is 13.2 Å². The molecule has 3 aromatic carbocycles. The SMILES string of the molecule is O=C(NC[C@H](O)c1cccc2ccccc12)Nc1ccccc1C(F)(F)F. The summed E-state index contributed by atoms with van der Waals surface area (Å²) in [6, 6.07) is 16.8.